The van der Waals surface area contributed by atoms with Crippen LogP contribution in [0.25, 0.3) is 0 Å². The number of benzene rings is 1. The largest absolute Gasteiger partial charge is 0.461 e. The third-order valence-electron chi connectivity index (χ3n) is 3.38. The van der Waals surface area contributed by atoms with E-state index in [2.05, 4.69) is 5.16 Å². The van der Waals surface area contributed by atoms with Crippen LogP contribution in [0.5, 0.6) is 0 Å². The molecule has 7 nitrogen and oxygen atoms in total. The zero-order valence-electron chi connectivity index (χ0n) is 11.5. The highest BCUT2D eigenvalue weighted by Crippen LogP contribution is 2.33. The fourth-order valence-corrected chi connectivity index (χ4v) is 2.40. The number of esters is 1. The van der Waals surface area contributed by atoms with Gasteiger partial charge in [0.15, 0.2) is 5.71 Å². The Morgan fingerprint density at radius 2 is 2.00 bits per heavy atom. The summed E-state index contributed by atoms with van der Waals surface area (Å²) < 4.78 is 17.8. The van der Waals surface area contributed by atoms with Crippen molar-refractivity contribution in [2.24, 2.45) is 11.1 Å². The monoisotopic (exact) mass is 306 g/mol. The molecule has 1 aromatic carbocycles. The molecule has 0 unspecified atom stereocenters. The summed E-state index contributed by atoms with van der Waals surface area (Å²) in [6, 6.07) is 4.86. The zero-order valence-corrected chi connectivity index (χ0v) is 11.5. The van der Waals surface area contributed by atoms with Crippen LogP contribution in [-0.2, 0) is 24.0 Å². The van der Waals surface area contributed by atoms with Gasteiger partial charge in [0.25, 0.3) is 5.91 Å². The lowest BCUT2D eigenvalue weighted by Crippen LogP contribution is -2.35. The van der Waals surface area contributed by atoms with Gasteiger partial charge in [-0.25, -0.2) is 14.1 Å². The number of oxime groups is 1. The number of halogens is 1. The van der Waals surface area contributed by atoms with E-state index in [9.17, 15) is 18.8 Å². The first-order valence-electron chi connectivity index (χ1n) is 6.58. The van der Waals surface area contributed by atoms with Crippen LogP contribution in [0, 0.1) is 11.7 Å². The number of carbonyl (C=O) groups is 3. The number of carbonyl (C=O) groups excluding carboxylic acids is 3. The molecular weight excluding hydrogens is 295 g/mol. The second-order valence-corrected chi connectivity index (χ2v) is 4.69. The van der Waals surface area contributed by atoms with E-state index in [0.29, 0.717) is 0 Å². The number of rotatable bonds is 3. The van der Waals surface area contributed by atoms with Crippen molar-refractivity contribution in [2.75, 3.05) is 11.5 Å². The van der Waals surface area contributed by atoms with E-state index in [4.69, 9.17) is 9.57 Å². The van der Waals surface area contributed by atoms with E-state index in [1.54, 1.807) is 6.92 Å². The second kappa shape index (κ2) is 5.21. The van der Waals surface area contributed by atoms with Gasteiger partial charge in [-0.1, -0.05) is 5.16 Å². The molecule has 2 heterocycles. The maximum absolute atomic E-state index is 13.0. The molecule has 2 aliphatic heterocycles. The molecule has 114 valence electrons. The first-order chi connectivity index (χ1) is 10.5. The smallest absolute Gasteiger partial charge is 0.357 e. The van der Waals surface area contributed by atoms with Gasteiger partial charge in [-0.15, -0.1) is 0 Å². The number of ether oxygens (including phenoxy) is 1. The predicted octanol–water partition coefficient (Wildman–Crippen LogP) is 0.633. The van der Waals surface area contributed by atoms with Gasteiger partial charge in [-0.05, 0) is 31.2 Å². The highest BCUT2D eigenvalue weighted by Gasteiger charge is 2.58. The van der Waals surface area contributed by atoms with Crippen LogP contribution in [0.2, 0.25) is 0 Å². The van der Waals surface area contributed by atoms with Gasteiger partial charge in [0.1, 0.15) is 11.7 Å². The molecule has 0 spiro atoms. The number of fused-ring (bicyclic) bond motifs is 1. The van der Waals surface area contributed by atoms with E-state index in [0.717, 1.165) is 17.0 Å². The minimum Gasteiger partial charge on any atom is -0.461 e. The Balaban J connectivity index is 1.91. The molecule has 1 saturated heterocycles. The molecule has 0 aromatic heterocycles. The van der Waals surface area contributed by atoms with Gasteiger partial charge in [0.05, 0.1) is 12.3 Å². The lowest BCUT2D eigenvalue weighted by Gasteiger charge is -2.14. The maximum Gasteiger partial charge on any atom is 0.357 e. The number of imide groups is 1. The summed E-state index contributed by atoms with van der Waals surface area (Å²) in [5.74, 6) is -3.71. The Hall–Kier alpha value is -2.77. The zero-order chi connectivity index (χ0) is 15.9. The standard InChI is InChI=1S/C14H11FN2O5/c1-2-21-14(20)10-9-11(22-16-10)13(19)17(12(9)18)8-5-3-7(15)4-6-8/h3-6,9,11H,2H2,1H3/t9-,11+/m1/s1. The first kappa shape index (κ1) is 14.2. The van der Waals surface area contributed by atoms with E-state index in [1.165, 1.54) is 12.1 Å². The third kappa shape index (κ3) is 2.03. The Kier molecular flexibility index (Phi) is 3.36. The van der Waals surface area contributed by atoms with Gasteiger partial charge in [-0.2, -0.15) is 0 Å². The minimum atomic E-state index is -1.18. The molecule has 2 amide bonds. The molecule has 0 saturated carbocycles. The van der Waals surface area contributed by atoms with Crippen LogP contribution < -0.4 is 4.90 Å². The number of amides is 2. The summed E-state index contributed by atoms with van der Waals surface area (Å²) in [6.45, 7) is 1.72. The van der Waals surface area contributed by atoms with E-state index in [1.807, 2.05) is 0 Å². The van der Waals surface area contributed by atoms with E-state index in [-0.39, 0.29) is 18.0 Å². The fourth-order valence-electron chi connectivity index (χ4n) is 2.40. The lowest BCUT2D eigenvalue weighted by molar-refractivity contribution is -0.136. The van der Waals surface area contributed by atoms with Gasteiger partial charge >= 0.3 is 5.97 Å². The molecule has 0 N–H and O–H groups in total. The topological polar surface area (TPSA) is 85.3 Å². The summed E-state index contributed by atoms with van der Waals surface area (Å²) in [4.78, 5) is 42.3. The molecule has 2 atom stereocenters. The number of nitrogens with zero attached hydrogens (tertiary/aromatic N) is 2. The normalized spacial score (nSPS) is 23.2. The minimum absolute atomic E-state index is 0.110. The number of hydrogen-bond acceptors (Lipinski definition) is 6. The molecule has 1 aromatic rings. The second-order valence-electron chi connectivity index (χ2n) is 4.69. The number of hydrogen-bond donors (Lipinski definition) is 0. The van der Waals surface area contributed by atoms with E-state index < -0.39 is 35.6 Å². The average Bonchev–Trinajstić information content (AvgIpc) is 3.03. The van der Waals surface area contributed by atoms with Crippen LogP contribution in [-0.4, -0.2) is 36.2 Å². The SMILES string of the molecule is CCOC(=O)C1=NO[C@@H]2C(=O)N(c3ccc(F)cc3)C(=O)[C@H]12. The highest BCUT2D eigenvalue weighted by atomic mass is 19.1. The average molecular weight is 306 g/mol. The van der Waals surface area contributed by atoms with Crippen LogP contribution in [0.4, 0.5) is 10.1 Å². The van der Waals surface area contributed by atoms with Crippen LogP contribution in [0.1, 0.15) is 6.92 Å². The van der Waals surface area contributed by atoms with Gasteiger partial charge in [0, 0.05) is 0 Å². The fraction of sp³-hybridized carbons (Fsp3) is 0.286. The van der Waals surface area contributed by atoms with Crippen LogP contribution in [0.15, 0.2) is 29.4 Å². The molecule has 3 rings (SSSR count). The van der Waals surface area contributed by atoms with Crippen molar-refractivity contribution in [1.82, 2.24) is 0 Å². The summed E-state index contributed by atoms with van der Waals surface area (Å²) in [7, 11) is 0. The first-order valence-corrected chi connectivity index (χ1v) is 6.58. The molecule has 8 heteroatoms. The predicted molar refractivity (Wildman–Crippen MR) is 71.3 cm³/mol. The molecule has 22 heavy (non-hydrogen) atoms. The summed E-state index contributed by atoms with van der Waals surface area (Å²) in [6.07, 6.45) is -1.18. The van der Waals surface area contributed by atoms with Crippen molar-refractivity contribution in [3.05, 3.63) is 30.1 Å². The van der Waals surface area contributed by atoms with Crippen molar-refractivity contribution in [2.45, 2.75) is 13.0 Å². The van der Waals surface area contributed by atoms with Crippen molar-refractivity contribution in [3.8, 4) is 0 Å². The Morgan fingerprint density at radius 3 is 2.64 bits per heavy atom. The molecule has 0 aliphatic carbocycles. The quantitative estimate of drug-likeness (QED) is 0.604. The Bertz CT molecular complexity index is 685. The van der Waals surface area contributed by atoms with Crippen LogP contribution in [0.3, 0.4) is 0 Å². The molecule has 0 bridgehead atoms. The van der Waals surface area contributed by atoms with Crippen molar-refractivity contribution >= 4 is 29.2 Å². The third-order valence-corrected chi connectivity index (χ3v) is 3.38. The summed E-state index contributed by atoms with van der Waals surface area (Å²) in [5, 5.41) is 3.50. The molecular formula is C14H11FN2O5. The van der Waals surface area contributed by atoms with Gasteiger partial charge in [0.2, 0.25) is 12.0 Å². The van der Waals surface area contributed by atoms with Gasteiger partial charge < -0.3 is 9.57 Å². The number of anilines is 1. The van der Waals surface area contributed by atoms with Crippen molar-refractivity contribution in [3.63, 3.8) is 0 Å². The summed E-state index contributed by atoms with van der Waals surface area (Å²) in [5.41, 5.74) is -0.0209. The lowest BCUT2D eigenvalue weighted by atomic mass is 10.00. The van der Waals surface area contributed by atoms with Crippen molar-refractivity contribution in [1.29, 1.82) is 0 Å². The maximum atomic E-state index is 13.0. The molecule has 1 fully saturated rings. The van der Waals surface area contributed by atoms with Crippen molar-refractivity contribution < 1.29 is 28.3 Å². The Morgan fingerprint density at radius 1 is 1.32 bits per heavy atom. The summed E-state index contributed by atoms with van der Waals surface area (Å²) >= 11 is 0. The Labute approximate surface area is 124 Å². The molecule has 0 radical (unpaired) electrons. The van der Waals surface area contributed by atoms with E-state index >= 15 is 0 Å². The molecule has 2 aliphatic rings. The van der Waals surface area contributed by atoms with Gasteiger partial charge in [-0.3, -0.25) is 9.59 Å². The van der Waals surface area contributed by atoms with Crippen LogP contribution >= 0.6 is 0 Å². The highest BCUT2D eigenvalue weighted by molar-refractivity contribution is 6.46.